The summed E-state index contributed by atoms with van der Waals surface area (Å²) in [5.74, 6) is -0.489. The quantitative estimate of drug-likeness (QED) is 0.768. The number of ether oxygens (including phenoxy) is 1. The summed E-state index contributed by atoms with van der Waals surface area (Å²) < 4.78 is 5.02. The first-order valence-corrected chi connectivity index (χ1v) is 7.11. The summed E-state index contributed by atoms with van der Waals surface area (Å²) >= 11 is 0. The Morgan fingerprint density at radius 2 is 2.09 bits per heavy atom. The minimum atomic E-state index is -0.215. The Labute approximate surface area is 126 Å². The number of nitrogens with zero attached hydrogens (tertiary/aromatic N) is 3. The van der Waals surface area contributed by atoms with Crippen LogP contribution >= 0.6 is 0 Å². The van der Waals surface area contributed by atoms with Crippen molar-refractivity contribution in [3.63, 3.8) is 0 Å². The van der Waals surface area contributed by atoms with E-state index < -0.39 is 0 Å². The van der Waals surface area contributed by atoms with Gasteiger partial charge >= 0.3 is 5.97 Å². The second-order valence-electron chi connectivity index (χ2n) is 5.65. The summed E-state index contributed by atoms with van der Waals surface area (Å²) in [5.41, 5.74) is 6.63. The normalized spacial score (nSPS) is 23.6. The molecule has 1 aromatic heterocycles. The fourth-order valence-electron chi connectivity index (χ4n) is 3.18. The van der Waals surface area contributed by atoms with Crippen molar-refractivity contribution in [1.29, 1.82) is 0 Å². The lowest BCUT2D eigenvalue weighted by Gasteiger charge is -2.17. The maximum absolute atomic E-state index is 12.8. The molecule has 1 amide bonds. The zero-order valence-electron chi connectivity index (χ0n) is 11.7. The third-order valence-electron chi connectivity index (χ3n) is 4.29. The number of likely N-dealkylation sites (tertiary alicyclic amines) is 1. The van der Waals surface area contributed by atoms with Gasteiger partial charge < -0.3 is 15.4 Å². The van der Waals surface area contributed by atoms with Crippen LogP contribution in [0.1, 0.15) is 10.5 Å². The van der Waals surface area contributed by atoms with Crippen LogP contribution in [0.2, 0.25) is 0 Å². The molecule has 2 atom stereocenters. The standard InChI is InChI=1S/C15H14N4O3/c16-15-17-11-4-2-1-3-9(11)12(18-15)13(20)19-5-8-7-22-14(21)10(8)6-19/h1-4,8,10H,5-7H2,(H2,16,17,18)/t8-,10-/m1/s1. The molecule has 2 aromatic rings. The number of nitrogen functional groups attached to an aromatic ring is 1. The van der Waals surface area contributed by atoms with E-state index >= 15 is 0 Å². The summed E-state index contributed by atoms with van der Waals surface area (Å²) in [7, 11) is 0. The van der Waals surface area contributed by atoms with E-state index in [4.69, 9.17) is 10.5 Å². The fraction of sp³-hybridized carbons (Fsp3) is 0.333. The molecule has 0 saturated carbocycles. The molecule has 0 aliphatic carbocycles. The molecule has 7 heteroatoms. The average Bonchev–Trinajstić information content (AvgIpc) is 3.08. The molecule has 0 spiro atoms. The number of esters is 1. The highest BCUT2D eigenvalue weighted by atomic mass is 16.5. The molecule has 2 saturated heterocycles. The van der Waals surface area contributed by atoms with E-state index in [1.807, 2.05) is 12.1 Å². The number of carbonyl (C=O) groups is 2. The maximum Gasteiger partial charge on any atom is 0.311 e. The first-order chi connectivity index (χ1) is 10.6. The van der Waals surface area contributed by atoms with Crippen LogP contribution in [0.4, 0.5) is 5.95 Å². The monoisotopic (exact) mass is 298 g/mol. The number of hydrogen-bond acceptors (Lipinski definition) is 6. The molecule has 2 aliphatic rings. The Hall–Kier alpha value is -2.70. The SMILES string of the molecule is Nc1nc(C(=O)N2C[C@@H]3COC(=O)[C@@H]3C2)c2ccccc2n1. The van der Waals surface area contributed by atoms with Crippen molar-refractivity contribution in [2.24, 2.45) is 11.8 Å². The van der Waals surface area contributed by atoms with Crippen LogP contribution in [0.25, 0.3) is 10.9 Å². The molecule has 4 rings (SSSR count). The summed E-state index contributed by atoms with van der Waals surface area (Å²) in [5, 5.41) is 0.668. The van der Waals surface area contributed by atoms with Crippen LogP contribution < -0.4 is 5.73 Å². The minimum absolute atomic E-state index is 0.0702. The Bertz CT molecular complexity index is 791. The van der Waals surface area contributed by atoms with Gasteiger partial charge in [-0.1, -0.05) is 18.2 Å². The predicted octanol–water partition coefficient (Wildman–Crippen LogP) is 0.457. The number of amides is 1. The van der Waals surface area contributed by atoms with Gasteiger partial charge in [-0.15, -0.1) is 0 Å². The molecule has 2 N–H and O–H groups in total. The van der Waals surface area contributed by atoms with E-state index in [1.54, 1.807) is 17.0 Å². The maximum atomic E-state index is 12.8. The number of fused-ring (bicyclic) bond motifs is 2. The van der Waals surface area contributed by atoms with Gasteiger partial charge in [0.1, 0.15) is 5.69 Å². The summed E-state index contributed by atoms with van der Waals surface area (Å²) in [6.45, 7) is 1.27. The van der Waals surface area contributed by atoms with E-state index in [1.165, 1.54) is 0 Å². The Balaban J connectivity index is 1.71. The lowest BCUT2D eigenvalue weighted by atomic mass is 10.0. The molecule has 7 nitrogen and oxygen atoms in total. The number of benzene rings is 1. The van der Waals surface area contributed by atoms with E-state index in [-0.39, 0.29) is 35.4 Å². The number of rotatable bonds is 1. The molecule has 112 valence electrons. The molecule has 0 bridgehead atoms. The lowest BCUT2D eigenvalue weighted by Crippen LogP contribution is -2.32. The number of aromatic nitrogens is 2. The highest BCUT2D eigenvalue weighted by Crippen LogP contribution is 2.31. The van der Waals surface area contributed by atoms with Crippen molar-refractivity contribution in [3.8, 4) is 0 Å². The third-order valence-corrected chi connectivity index (χ3v) is 4.29. The molecule has 22 heavy (non-hydrogen) atoms. The Kier molecular flexibility index (Phi) is 2.75. The van der Waals surface area contributed by atoms with Crippen molar-refractivity contribution >= 4 is 28.7 Å². The van der Waals surface area contributed by atoms with Crippen LogP contribution in [0.3, 0.4) is 0 Å². The van der Waals surface area contributed by atoms with Crippen LogP contribution in [0.15, 0.2) is 24.3 Å². The molecule has 0 unspecified atom stereocenters. The summed E-state index contributed by atoms with van der Waals surface area (Å²) in [6.07, 6.45) is 0. The second kappa shape index (κ2) is 4.66. The molecular weight excluding hydrogens is 284 g/mol. The lowest BCUT2D eigenvalue weighted by molar-refractivity contribution is -0.141. The number of para-hydroxylation sites is 1. The van der Waals surface area contributed by atoms with E-state index in [0.29, 0.717) is 30.6 Å². The Morgan fingerprint density at radius 1 is 1.27 bits per heavy atom. The predicted molar refractivity (Wildman–Crippen MR) is 77.8 cm³/mol. The van der Waals surface area contributed by atoms with Crippen molar-refractivity contribution < 1.29 is 14.3 Å². The van der Waals surface area contributed by atoms with E-state index in [0.717, 1.165) is 0 Å². The van der Waals surface area contributed by atoms with Gasteiger partial charge in [-0.05, 0) is 6.07 Å². The van der Waals surface area contributed by atoms with Gasteiger partial charge in [0.2, 0.25) is 5.95 Å². The molecular formula is C15H14N4O3. The van der Waals surface area contributed by atoms with Crippen LogP contribution in [-0.4, -0.2) is 46.4 Å². The van der Waals surface area contributed by atoms with Gasteiger partial charge in [0.15, 0.2) is 0 Å². The number of carbonyl (C=O) groups excluding carboxylic acids is 2. The van der Waals surface area contributed by atoms with Crippen LogP contribution in [-0.2, 0) is 9.53 Å². The van der Waals surface area contributed by atoms with Crippen molar-refractivity contribution in [3.05, 3.63) is 30.0 Å². The van der Waals surface area contributed by atoms with E-state index in [9.17, 15) is 9.59 Å². The molecule has 1 aromatic carbocycles. The molecule has 0 radical (unpaired) electrons. The van der Waals surface area contributed by atoms with Gasteiger partial charge in [-0.25, -0.2) is 9.97 Å². The number of anilines is 1. The highest BCUT2D eigenvalue weighted by Gasteiger charge is 2.45. The fourth-order valence-corrected chi connectivity index (χ4v) is 3.18. The van der Waals surface area contributed by atoms with Crippen molar-refractivity contribution in [2.45, 2.75) is 0 Å². The zero-order valence-corrected chi connectivity index (χ0v) is 11.7. The zero-order chi connectivity index (χ0) is 15.3. The largest absolute Gasteiger partial charge is 0.465 e. The number of nitrogens with two attached hydrogens (primary N) is 1. The van der Waals surface area contributed by atoms with Crippen molar-refractivity contribution in [2.75, 3.05) is 25.4 Å². The van der Waals surface area contributed by atoms with Gasteiger partial charge in [0.25, 0.3) is 5.91 Å². The smallest absolute Gasteiger partial charge is 0.311 e. The van der Waals surface area contributed by atoms with Gasteiger partial charge in [0, 0.05) is 24.4 Å². The number of hydrogen-bond donors (Lipinski definition) is 1. The second-order valence-corrected chi connectivity index (χ2v) is 5.65. The highest BCUT2D eigenvalue weighted by molar-refractivity contribution is 6.05. The minimum Gasteiger partial charge on any atom is -0.465 e. The van der Waals surface area contributed by atoms with Crippen LogP contribution in [0, 0.1) is 11.8 Å². The molecule has 3 heterocycles. The average molecular weight is 298 g/mol. The summed E-state index contributed by atoms with van der Waals surface area (Å²) in [4.78, 5) is 34.3. The van der Waals surface area contributed by atoms with Crippen LogP contribution in [0.5, 0.6) is 0 Å². The van der Waals surface area contributed by atoms with E-state index in [2.05, 4.69) is 9.97 Å². The number of cyclic esters (lactones) is 1. The first kappa shape index (κ1) is 13.0. The topological polar surface area (TPSA) is 98.4 Å². The third kappa shape index (κ3) is 1.89. The van der Waals surface area contributed by atoms with Crippen molar-refractivity contribution in [1.82, 2.24) is 14.9 Å². The van der Waals surface area contributed by atoms with Gasteiger partial charge in [-0.3, -0.25) is 9.59 Å². The first-order valence-electron chi connectivity index (χ1n) is 7.11. The summed E-state index contributed by atoms with van der Waals surface area (Å²) in [6, 6.07) is 7.25. The molecule has 2 fully saturated rings. The van der Waals surface area contributed by atoms with Gasteiger partial charge in [-0.2, -0.15) is 0 Å². The Morgan fingerprint density at radius 3 is 2.91 bits per heavy atom. The molecule has 2 aliphatic heterocycles. The van der Waals surface area contributed by atoms with Gasteiger partial charge in [0.05, 0.1) is 18.0 Å².